The molecule has 3 unspecified atom stereocenters. The van der Waals surface area contributed by atoms with Crippen LogP contribution in [0.15, 0.2) is 0 Å². The highest BCUT2D eigenvalue weighted by Gasteiger charge is 2.29. The van der Waals surface area contributed by atoms with Gasteiger partial charge in [-0.15, -0.1) is 0 Å². The minimum absolute atomic E-state index is 0.426. The Kier molecular flexibility index (Phi) is 7.30. The molecule has 10 nitrogen and oxygen atoms in total. The monoisotopic (exact) mass is 302 g/mol. The van der Waals surface area contributed by atoms with Crippen LogP contribution in [0.25, 0.3) is 0 Å². The van der Waals surface area contributed by atoms with Crippen molar-refractivity contribution in [1.29, 1.82) is 0 Å². The summed E-state index contributed by atoms with van der Waals surface area (Å²) in [5, 5.41) is 36.2. The zero-order valence-electron chi connectivity index (χ0n) is 9.62. The van der Waals surface area contributed by atoms with Crippen molar-refractivity contribution in [3.05, 3.63) is 0 Å². The third-order valence-electron chi connectivity index (χ3n) is 2.09. The van der Waals surface area contributed by atoms with Crippen LogP contribution >= 0.6 is 7.82 Å². The van der Waals surface area contributed by atoms with Crippen molar-refractivity contribution in [3.63, 3.8) is 0 Å². The van der Waals surface area contributed by atoms with Gasteiger partial charge in [0.25, 0.3) is 0 Å². The molecule has 0 aliphatic carbocycles. The molecule has 0 spiro atoms. The van der Waals surface area contributed by atoms with E-state index in [9.17, 15) is 29.5 Å². The van der Waals surface area contributed by atoms with Gasteiger partial charge in [0.1, 0.15) is 6.10 Å². The molecule has 0 aliphatic rings. The summed E-state index contributed by atoms with van der Waals surface area (Å²) < 4.78 is 14.3. The Bertz CT molecular complexity index is 363. The van der Waals surface area contributed by atoms with E-state index in [1.807, 2.05) is 0 Å². The lowest BCUT2D eigenvalue weighted by Gasteiger charge is -2.22. The normalized spacial score (nSPS) is 16.7. The Morgan fingerprint density at radius 3 is 2.05 bits per heavy atom. The third-order valence-corrected chi connectivity index (χ3v) is 2.61. The molecule has 0 fully saturated rings. The smallest absolute Gasteiger partial charge is 0.469 e. The maximum absolute atomic E-state index is 10.7. The fourth-order valence-electron chi connectivity index (χ4n) is 1.12. The lowest BCUT2D eigenvalue weighted by Crippen LogP contribution is -2.40. The average Bonchev–Trinajstić information content (AvgIpc) is 2.25. The lowest BCUT2D eigenvalue weighted by molar-refractivity contribution is -0.151. The van der Waals surface area contributed by atoms with Gasteiger partial charge in [-0.2, -0.15) is 0 Å². The molecular formula is C8H15O10P. The van der Waals surface area contributed by atoms with E-state index in [0.29, 0.717) is 0 Å². The largest absolute Gasteiger partial charge is 0.475 e. The van der Waals surface area contributed by atoms with Gasteiger partial charge in [-0.3, -0.25) is 9.32 Å². The number of Topliss-reactive ketones (excluding diaryl/α,β-unsaturated/α-hetero) is 1. The van der Waals surface area contributed by atoms with Gasteiger partial charge in [-0.05, 0) is 6.42 Å². The van der Waals surface area contributed by atoms with E-state index in [1.54, 1.807) is 0 Å². The van der Waals surface area contributed by atoms with Crippen molar-refractivity contribution in [1.82, 2.24) is 0 Å². The number of hydrogen-bond donors (Lipinski definition) is 6. The van der Waals surface area contributed by atoms with Gasteiger partial charge in [0, 0.05) is 6.42 Å². The Balaban J connectivity index is 4.17. The number of carbonyl (C=O) groups excluding carboxylic acids is 1. The van der Waals surface area contributed by atoms with Crippen LogP contribution in [0.5, 0.6) is 0 Å². The van der Waals surface area contributed by atoms with E-state index in [4.69, 9.17) is 14.9 Å². The molecule has 0 aromatic carbocycles. The van der Waals surface area contributed by atoms with Crippen LogP contribution in [0.4, 0.5) is 0 Å². The molecule has 19 heavy (non-hydrogen) atoms. The predicted molar refractivity (Wildman–Crippen MR) is 57.9 cm³/mol. The fraction of sp³-hybridized carbons (Fsp3) is 0.750. The minimum atomic E-state index is -4.70. The molecule has 112 valence electrons. The Morgan fingerprint density at radius 1 is 1.11 bits per heavy atom. The van der Waals surface area contributed by atoms with Crippen LogP contribution in [0.1, 0.15) is 12.8 Å². The molecule has 11 heteroatoms. The predicted octanol–water partition coefficient (Wildman–Crippen LogP) is -2.39. The van der Waals surface area contributed by atoms with Crippen LogP contribution in [0, 0.1) is 0 Å². The van der Waals surface area contributed by atoms with Crippen LogP contribution in [-0.2, 0) is 18.7 Å². The van der Waals surface area contributed by atoms with Crippen LogP contribution in [-0.4, -0.2) is 66.9 Å². The first-order valence-corrected chi connectivity index (χ1v) is 6.58. The Labute approximate surface area is 107 Å². The van der Waals surface area contributed by atoms with Gasteiger partial charge in [0.15, 0.2) is 0 Å². The maximum atomic E-state index is 10.7. The summed E-state index contributed by atoms with van der Waals surface area (Å²) in [5.74, 6) is -3.13. The van der Waals surface area contributed by atoms with Crippen LogP contribution in [0.3, 0.4) is 0 Å². The first kappa shape index (κ1) is 18.1. The summed E-state index contributed by atoms with van der Waals surface area (Å²) in [6, 6.07) is 0. The average molecular weight is 302 g/mol. The molecular weight excluding hydrogens is 287 g/mol. The van der Waals surface area contributed by atoms with E-state index >= 15 is 0 Å². The summed E-state index contributed by atoms with van der Waals surface area (Å²) in [4.78, 5) is 37.6. The third kappa shape index (κ3) is 8.01. The summed E-state index contributed by atoms with van der Waals surface area (Å²) in [6.45, 7) is -0.595. The first-order chi connectivity index (χ1) is 8.54. The van der Waals surface area contributed by atoms with E-state index in [0.717, 1.165) is 0 Å². The molecule has 0 aromatic heterocycles. The topological polar surface area (TPSA) is 182 Å². The van der Waals surface area contributed by atoms with Crippen molar-refractivity contribution in [2.75, 3.05) is 6.61 Å². The van der Waals surface area contributed by atoms with Crippen LogP contribution < -0.4 is 0 Å². The summed E-state index contributed by atoms with van der Waals surface area (Å²) >= 11 is 0. The number of hydrogen-bond acceptors (Lipinski definition) is 7. The van der Waals surface area contributed by atoms with E-state index in [1.165, 1.54) is 0 Å². The van der Waals surface area contributed by atoms with Gasteiger partial charge in [-0.1, -0.05) is 0 Å². The minimum Gasteiger partial charge on any atom is -0.475 e. The molecule has 0 bridgehead atoms. The summed E-state index contributed by atoms with van der Waals surface area (Å²) in [7, 11) is -4.70. The van der Waals surface area contributed by atoms with Gasteiger partial charge in [0.2, 0.25) is 5.78 Å². The lowest BCUT2D eigenvalue weighted by atomic mass is 10.0. The van der Waals surface area contributed by atoms with E-state index < -0.39 is 57.3 Å². The van der Waals surface area contributed by atoms with Crippen molar-refractivity contribution in [3.8, 4) is 0 Å². The second-order valence-corrected chi connectivity index (χ2v) is 4.91. The molecule has 0 radical (unpaired) electrons. The molecule has 0 aliphatic heterocycles. The second-order valence-electron chi connectivity index (χ2n) is 3.67. The van der Waals surface area contributed by atoms with Crippen LogP contribution in [0.2, 0.25) is 0 Å². The quantitative estimate of drug-likeness (QED) is 0.198. The number of carbonyl (C=O) groups is 2. The zero-order valence-corrected chi connectivity index (χ0v) is 10.5. The van der Waals surface area contributed by atoms with Gasteiger partial charge >= 0.3 is 13.8 Å². The van der Waals surface area contributed by atoms with Crippen molar-refractivity contribution in [2.24, 2.45) is 0 Å². The molecule has 0 aromatic rings. The molecule has 3 atom stereocenters. The number of carboxylic acids is 1. The highest BCUT2D eigenvalue weighted by molar-refractivity contribution is 7.46. The van der Waals surface area contributed by atoms with Crippen molar-refractivity contribution in [2.45, 2.75) is 31.2 Å². The number of aliphatic hydroxyl groups excluding tert-OH is 3. The van der Waals surface area contributed by atoms with Gasteiger partial charge in [0.05, 0.1) is 18.8 Å². The number of aliphatic hydroxyl groups is 3. The second kappa shape index (κ2) is 7.65. The SMILES string of the molecule is O=C(O)C(=O)CC(O)C(O)C(O)CCOP(=O)(O)O. The number of phosphoric acid groups is 1. The highest BCUT2D eigenvalue weighted by Crippen LogP contribution is 2.35. The first-order valence-electron chi connectivity index (χ1n) is 5.05. The molecule has 0 amide bonds. The Morgan fingerprint density at radius 2 is 1.63 bits per heavy atom. The number of phosphoric ester groups is 1. The molecule has 0 rings (SSSR count). The maximum Gasteiger partial charge on any atom is 0.469 e. The number of carboxylic acid groups (broad SMARTS) is 1. The molecule has 0 saturated carbocycles. The highest BCUT2D eigenvalue weighted by atomic mass is 31.2. The standard InChI is InChI=1S/C8H15O10P/c9-4(1-2-18-19(15,16)17)7(12)5(10)3-6(11)8(13)14/h4-5,7,9-10,12H,1-3H2,(H,13,14)(H2,15,16,17). The number of ketones is 1. The van der Waals surface area contributed by atoms with Gasteiger partial charge in [-0.25, -0.2) is 9.36 Å². The zero-order chi connectivity index (χ0) is 15.2. The van der Waals surface area contributed by atoms with Crippen molar-refractivity contribution >= 4 is 19.6 Å². The summed E-state index contributed by atoms with van der Waals surface area (Å²) in [6.07, 6.45) is -6.61. The number of aliphatic carboxylic acids is 1. The molecule has 0 saturated heterocycles. The van der Waals surface area contributed by atoms with Gasteiger partial charge < -0.3 is 30.2 Å². The molecule has 6 N–H and O–H groups in total. The van der Waals surface area contributed by atoms with E-state index in [2.05, 4.69) is 4.52 Å². The summed E-state index contributed by atoms with van der Waals surface area (Å²) in [5.41, 5.74) is 0. The fourth-order valence-corrected chi connectivity index (χ4v) is 1.46. The number of rotatable bonds is 9. The Hall–Kier alpha value is -0.870. The van der Waals surface area contributed by atoms with Crippen molar-refractivity contribution < 1.29 is 48.9 Å². The van der Waals surface area contributed by atoms with E-state index in [-0.39, 0.29) is 0 Å². The molecule has 0 heterocycles.